The Morgan fingerprint density at radius 2 is 2.15 bits per heavy atom. The van der Waals surface area contributed by atoms with Crippen molar-refractivity contribution in [1.29, 1.82) is 0 Å². The minimum Gasteiger partial charge on any atom is -0.342 e. The number of hydrogen-bond donors (Lipinski definition) is 1. The smallest absolute Gasteiger partial charge is 0.261 e. The summed E-state index contributed by atoms with van der Waals surface area (Å²) in [6, 6.07) is 6.59. The van der Waals surface area contributed by atoms with E-state index >= 15 is 0 Å². The van der Waals surface area contributed by atoms with Gasteiger partial charge < -0.3 is 9.88 Å². The van der Waals surface area contributed by atoms with Crippen molar-refractivity contribution in [3.05, 3.63) is 51.5 Å². The van der Waals surface area contributed by atoms with E-state index < -0.39 is 5.56 Å². The molecule has 0 unspecified atom stereocenters. The first-order chi connectivity index (χ1) is 9.52. The lowest BCUT2D eigenvalue weighted by atomic mass is 10.1. The van der Waals surface area contributed by atoms with E-state index in [1.54, 1.807) is 31.4 Å². The number of hydrogen-bond acceptors (Lipinski definition) is 3. The van der Waals surface area contributed by atoms with Crippen LogP contribution in [0.3, 0.4) is 0 Å². The standard InChI is InChI=1S/C14H14ClN3O2/c1-3-18(2)14(20)10-4-5-11(17-13(10)19)9-6-7-16-12(15)8-9/h4-8H,3H2,1-2H3,(H,17,19). The normalized spacial score (nSPS) is 10.3. The highest BCUT2D eigenvalue weighted by Crippen LogP contribution is 2.18. The topological polar surface area (TPSA) is 66.1 Å². The molecule has 1 N–H and O–H groups in total. The molecule has 0 aliphatic heterocycles. The molecule has 0 bridgehead atoms. The van der Waals surface area contributed by atoms with Crippen molar-refractivity contribution in [2.75, 3.05) is 13.6 Å². The predicted molar refractivity (Wildman–Crippen MR) is 77.9 cm³/mol. The number of carbonyl (C=O) groups excluding carboxylic acids is 1. The highest BCUT2D eigenvalue weighted by molar-refractivity contribution is 6.29. The Hall–Kier alpha value is -2.14. The van der Waals surface area contributed by atoms with Gasteiger partial charge in [0.05, 0.1) is 0 Å². The minimum atomic E-state index is -0.416. The van der Waals surface area contributed by atoms with E-state index in [2.05, 4.69) is 9.97 Å². The van der Waals surface area contributed by atoms with E-state index in [0.29, 0.717) is 17.4 Å². The second-order valence-electron chi connectivity index (χ2n) is 4.30. The van der Waals surface area contributed by atoms with Crippen LogP contribution in [0.2, 0.25) is 5.15 Å². The molecule has 0 radical (unpaired) electrons. The Balaban J connectivity index is 2.40. The summed E-state index contributed by atoms with van der Waals surface area (Å²) in [5, 5.41) is 0.342. The third-order valence-corrected chi connectivity index (χ3v) is 3.21. The quantitative estimate of drug-likeness (QED) is 0.882. The highest BCUT2D eigenvalue weighted by Gasteiger charge is 2.14. The molecule has 2 heterocycles. The van der Waals surface area contributed by atoms with Gasteiger partial charge in [0.2, 0.25) is 0 Å². The van der Waals surface area contributed by atoms with Crippen LogP contribution < -0.4 is 5.56 Å². The van der Waals surface area contributed by atoms with Gasteiger partial charge in [0.1, 0.15) is 10.7 Å². The van der Waals surface area contributed by atoms with Gasteiger partial charge in [-0.3, -0.25) is 9.59 Å². The molecular weight excluding hydrogens is 278 g/mol. The lowest BCUT2D eigenvalue weighted by Gasteiger charge is -2.13. The fourth-order valence-electron chi connectivity index (χ4n) is 1.73. The molecule has 0 spiro atoms. The molecule has 0 saturated heterocycles. The Bertz CT molecular complexity index is 697. The van der Waals surface area contributed by atoms with Crippen LogP contribution in [0, 0.1) is 0 Å². The van der Waals surface area contributed by atoms with E-state index in [0.717, 1.165) is 5.56 Å². The number of H-pyrrole nitrogens is 1. The second-order valence-corrected chi connectivity index (χ2v) is 4.69. The van der Waals surface area contributed by atoms with Crippen molar-refractivity contribution in [3.8, 4) is 11.3 Å². The summed E-state index contributed by atoms with van der Waals surface area (Å²) >= 11 is 5.81. The zero-order valence-electron chi connectivity index (χ0n) is 11.2. The Morgan fingerprint density at radius 3 is 2.75 bits per heavy atom. The minimum absolute atomic E-state index is 0.123. The van der Waals surface area contributed by atoms with Crippen molar-refractivity contribution in [2.24, 2.45) is 0 Å². The molecule has 2 aromatic rings. The molecule has 20 heavy (non-hydrogen) atoms. The first-order valence-corrected chi connectivity index (χ1v) is 6.51. The first kappa shape index (κ1) is 14.3. The zero-order valence-corrected chi connectivity index (χ0v) is 11.9. The molecule has 0 aliphatic carbocycles. The summed E-state index contributed by atoms with van der Waals surface area (Å²) in [6.45, 7) is 2.39. The third kappa shape index (κ3) is 2.88. The number of aromatic nitrogens is 2. The van der Waals surface area contributed by atoms with Crippen LogP contribution >= 0.6 is 11.6 Å². The van der Waals surface area contributed by atoms with Crippen LogP contribution in [-0.2, 0) is 0 Å². The number of halogens is 1. The van der Waals surface area contributed by atoms with Crippen molar-refractivity contribution >= 4 is 17.5 Å². The molecule has 6 heteroatoms. The van der Waals surface area contributed by atoms with E-state index in [9.17, 15) is 9.59 Å². The van der Waals surface area contributed by atoms with Crippen LogP contribution in [0.5, 0.6) is 0 Å². The van der Waals surface area contributed by atoms with Gasteiger partial charge in [-0.25, -0.2) is 4.98 Å². The van der Waals surface area contributed by atoms with Gasteiger partial charge in [-0.1, -0.05) is 11.6 Å². The summed E-state index contributed by atoms with van der Waals surface area (Å²) < 4.78 is 0. The van der Waals surface area contributed by atoms with E-state index in [1.165, 1.54) is 11.0 Å². The summed E-state index contributed by atoms with van der Waals surface area (Å²) in [4.78, 5) is 32.0. The molecule has 0 aliphatic rings. The average molecular weight is 292 g/mol. The third-order valence-electron chi connectivity index (χ3n) is 3.00. The fraction of sp³-hybridized carbons (Fsp3) is 0.214. The van der Waals surface area contributed by atoms with Crippen LogP contribution in [0.25, 0.3) is 11.3 Å². The van der Waals surface area contributed by atoms with Gasteiger partial charge in [0.25, 0.3) is 11.5 Å². The van der Waals surface area contributed by atoms with Crippen LogP contribution in [0.1, 0.15) is 17.3 Å². The lowest BCUT2D eigenvalue weighted by Crippen LogP contribution is -2.31. The Morgan fingerprint density at radius 1 is 1.40 bits per heavy atom. The molecule has 0 fully saturated rings. The molecule has 1 amide bonds. The number of carbonyl (C=O) groups is 1. The van der Waals surface area contributed by atoms with Gasteiger partial charge in [0.15, 0.2) is 0 Å². The Labute approximate surface area is 121 Å². The number of nitrogens with one attached hydrogen (secondary N) is 1. The lowest BCUT2D eigenvalue weighted by molar-refractivity contribution is 0.0800. The van der Waals surface area contributed by atoms with Gasteiger partial charge in [-0.05, 0) is 31.2 Å². The summed E-state index contributed by atoms with van der Waals surface area (Å²) in [5.41, 5.74) is 1.04. The van der Waals surface area contributed by atoms with E-state index in [4.69, 9.17) is 11.6 Å². The SMILES string of the molecule is CCN(C)C(=O)c1ccc(-c2ccnc(Cl)c2)[nH]c1=O. The summed E-state index contributed by atoms with van der Waals surface area (Å²) in [5.74, 6) is -0.298. The van der Waals surface area contributed by atoms with Crippen LogP contribution in [-0.4, -0.2) is 34.4 Å². The monoisotopic (exact) mass is 291 g/mol. The number of nitrogens with zero attached hydrogens (tertiary/aromatic N) is 2. The number of amides is 1. The van der Waals surface area contributed by atoms with Crippen molar-refractivity contribution in [2.45, 2.75) is 6.92 Å². The number of rotatable bonds is 3. The maximum Gasteiger partial charge on any atom is 0.261 e. The van der Waals surface area contributed by atoms with Gasteiger partial charge in [0, 0.05) is 31.0 Å². The maximum atomic E-state index is 12.0. The van der Waals surface area contributed by atoms with Crippen LogP contribution in [0.15, 0.2) is 35.3 Å². The van der Waals surface area contributed by atoms with Gasteiger partial charge >= 0.3 is 0 Å². The molecule has 0 aromatic carbocycles. The second kappa shape index (κ2) is 5.88. The number of aromatic amines is 1. The molecule has 2 aromatic heterocycles. The molecule has 0 atom stereocenters. The molecule has 2 rings (SSSR count). The van der Waals surface area contributed by atoms with Crippen LogP contribution in [0.4, 0.5) is 0 Å². The molecular formula is C14H14ClN3O2. The van der Waals surface area contributed by atoms with E-state index in [-0.39, 0.29) is 11.5 Å². The molecule has 5 nitrogen and oxygen atoms in total. The summed E-state index contributed by atoms with van der Waals surface area (Å²) in [6.07, 6.45) is 1.56. The summed E-state index contributed by atoms with van der Waals surface area (Å²) in [7, 11) is 1.65. The molecule has 0 saturated carbocycles. The van der Waals surface area contributed by atoms with Crippen molar-refractivity contribution < 1.29 is 4.79 Å². The number of pyridine rings is 2. The Kier molecular flexibility index (Phi) is 4.20. The van der Waals surface area contributed by atoms with E-state index in [1.807, 2.05) is 6.92 Å². The van der Waals surface area contributed by atoms with Gasteiger partial charge in [-0.2, -0.15) is 0 Å². The highest BCUT2D eigenvalue weighted by atomic mass is 35.5. The average Bonchev–Trinajstić information content (AvgIpc) is 2.45. The van der Waals surface area contributed by atoms with Crippen molar-refractivity contribution in [1.82, 2.24) is 14.9 Å². The predicted octanol–water partition coefficient (Wildman–Crippen LogP) is 2.18. The first-order valence-electron chi connectivity index (χ1n) is 6.13. The van der Waals surface area contributed by atoms with Gasteiger partial charge in [-0.15, -0.1) is 0 Å². The van der Waals surface area contributed by atoms with Crippen molar-refractivity contribution in [3.63, 3.8) is 0 Å². The maximum absolute atomic E-state index is 12.0. The fourth-order valence-corrected chi connectivity index (χ4v) is 1.90. The molecule has 104 valence electrons. The largest absolute Gasteiger partial charge is 0.342 e. The zero-order chi connectivity index (χ0) is 14.7.